The number of ether oxygens (including phenoxy) is 1. The average Bonchev–Trinajstić information content (AvgIpc) is 2.92. The Balaban J connectivity index is 2.09. The fourth-order valence-corrected chi connectivity index (χ4v) is 3.44. The summed E-state index contributed by atoms with van der Waals surface area (Å²) in [6, 6.07) is 4.71. The predicted octanol–water partition coefficient (Wildman–Crippen LogP) is 1.52. The van der Waals surface area contributed by atoms with Gasteiger partial charge < -0.3 is 10.1 Å². The first-order chi connectivity index (χ1) is 9.53. The summed E-state index contributed by atoms with van der Waals surface area (Å²) in [6.07, 6.45) is 1.86. The van der Waals surface area contributed by atoms with Crippen LogP contribution >= 0.6 is 11.6 Å². The molecule has 1 aromatic carbocycles. The molecule has 0 bridgehead atoms. The Bertz CT molecular complexity index is 557. The molecule has 1 aliphatic rings. The van der Waals surface area contributed by atoms with Crippen LogP contribution in [0.4, 0.5) is 0 Å². The van der Waals surface area contributed by atoms with E-state index in [0.717, 1.165) is 18.4 Å². The molecule has 2 N–H and O–H groups in total. The number of hydrogen-bond donors (Lipinski definition) is 2. The van der Waals surface area contributed by atoms with E-state index < -0.39 is 10.0 Å². The Morgan fingerprint density at radius 1 is 1.45 bits per heavy atom. The van der Waals surface area contributed by atoms with Crippen LogP contribution in [0, 0.1) is 0 Å². The minimum absolute atomic E-state index is 0.0196. The van der Waals surface area contributed by atoms with Crippen molar-refractivity contribution >= 4 is 21.6 Å². The molecular formula is C13H19ClN2O3S. The third-order valence-electron chi connectivity index (χ3n) is 3.22. The van der Waals surface area contributed by atoms with E-state index >= 15 is 0 Å². The molecule has 5 nitrogen and oxygen atoms in total. The SMILES string of the molecule is CNCc1cc(S(=O)(=O)NCC2CCCO2)ccc1Cl. The van der Waals surface area contributed by atoms with Crippen molar-refractivity contribution in [1.29, 1.82) is 0 Å². The summed E-state index contributed by atoms with van der Waals surface area (Å²) < 4.78 is 32.5. The van der Waals surface area contributed by atoms with Crippen LogP contribution in [0.25, 0.3) is 0 Å². The third-order valence-corrected chi connectivity index (χ3v) is 5.01. The average molecular weight is 319 g/mol. The van der Waals surface area contributed by atoms with E-state index in [2.05, 4.69) is 10.0 Å². The maximum Gasteiger partial charge on any atom is 0.240 e. The van der Waals surface area contributed by atoms with E-state index in [4.69, 9.17) is 16.3 Å². The molecule has 20 heavy (non-hydrogen) atoms. The van der Waals surface area contributed by atoms with Crippen molar-refractivity contribution in [2.45, 2.75) is 30.4 Å². The van der Waals surface area contributed by atoms with Crippen molar-refractivity contribution < 1.29 is 13.2 Å². The van der Waals surface area contributed by atoms with E-state index in [-0.39, 0.29) is 11.0 Å². The molecule has 0 spiro atoms. The van der Waals surface area contributed by atoms with E-state index in [9.17, 15) is 8.42 Å². The van der Waals surface area contributed by atoms with Gasteiger partial charge in [-0.3, -0.25) is 0 Å². The molecule has 1 aliphatic heterocycles. The first-order valence-corrected chi connectivity index (χ1v) is 8.43. The summed E-state index contributed by atoms with van der Waals surface area (Å²) in [5.74, 6) is 0. The molecule has 1 saturated heterocycles. The van der Waals surface area contributed by atoms with Gasteiger partial charge in [-0.05, 0) is 43.7 Å². The Kier molecular flexibility index (Phi) is 5.40. The molecular weight excluding hydrogens is 300 g/mol. The molecule has 1 unspecified atom stereocenters. The Morgan fingerprint density at radius 2 is 2.25 bits per heavy atom. The first-order valence-electron chi connectivity index (χ1n) is 6.57. The highest BCUT2D eigenvalue weighted by Gasteiger charge is 2.20. The lowest BCUT2D eigenvalue weighted by Crippen LogP contribution is -2.31. The summed E-state index contributed by atoms with van der Waals surface area (Å²) in [6.45, 7) is 1.54. The molecule has 1 heterocycles. The summed E-state index contributed by atoms with van der Waals surface area (Å²) in [5.41, 5.74) is 0.758. The van der Waals surface area contributed by atoms with Crippen LogP contribution in [-0.4, -0.2) is 34.7 Å². The van der Waals surface area contributed by atoms with Gasteiger partial charge in [0.2, 0.25) is 10.0 Å². The minimum Gasteiger partial charge on any atom is -0.377 e. The van der Waals surface area contributed by atoms with Gasteiger partial charge in [-0.15, -0.1) is 0 Å². The first kappa shape index (κ1) is 15.7. The van der Waals surface area contributed by atoms with Crippen LogP contribution in [-0.2, 0) is 21.3 Å². The zero-order valence-electron chi connectivity index (χ0n) is 11.4. The number of sulfonamides is 1. The number of halogens is 1. The van der Waals surface area contributed by atoms with E-state index in [1.165, 1.54) is 6.07 Å². The van der Waals surface area contributed by atoms with Gasteiger partial charge in [0.05, 0.1) is 11.0 Å². The molecule has 1 aromatic rings. The van der Waals surface area contributed by atoms with Crippen LogP contribution in [0.3, 0.4) is 0 Å². The van der Waals surface area contributed by atoms with Crippen molar-refractivity contribution in [2.24, 2.45) is 0 Å². The Labute approximate surface area is 124 Å². The van der Waals surface area contributed by atoms with E-state index in [1.54, 1.807) is 19.2 Å². The van der Waals surface area contributed by atoms with Gasteiger partial charge in [-0.2, -0.15) is 0 Å². The normalized spacial score (nSPS) is 19.4. The maximum absolute atomic E-state index is 12.2. The highest BCUT2D eigenvalue weighted by atomic mass is 35.5. The lowest BCUT2D eigenvalue weighted by atomic mass is 10.2. The maximum atomic E-state index is 12.2. The second-order valence-electron chi connectivity index (χ2n) is 4.77. The second kappa shape index (κ2) is 6.87. The second-order valence-corrected chi connectivity index (χ2v) is 6.94. The highest BCUT2D eigenvalue weighted by molar-refractivity contribution is 7.89. The largest absolute Gasteiger partial charge is 0.377 e. The minimum atomic E-state index is -3.52. The van der Waals surface area contributed by atoms with Gasteiger partial charge in [-0.1, -0.05) is 11.6 Å². The summed E-state index contributed by atoms with van der Waals surface area (Å²) in [4.78, 5) is 0.227. The van der Waals surface area contributed by atoms with Gasteiger partial charge >= 0.3 is 0 Å². The topological polar surface area (TPSA) is 67.4 Å². The molecule has 0 aliphatic carbocycles. The standard InChI is InChI=1S/C13H19ClN2O3S/c1-15-8-10-7-12(4-5-13(10)14)20(17,18)16-9-11-3-2-6-19-11/h4-5,7,11,15-16H,2-3,6,8-9H2,1H3. The molecule has 0 radical (unpaired) electrons. The lowest BCUT2D eigenvalue weighted by Gasteiger charge is -2.12. The van der Waals surface area contributed by atoms with Crippen LogP contribution in [0.5, 0.6) is 0 Å². The smallest absolute Gasteiger partial charge is 0.240 e. The molecule has 112 valence electrons. The van der Waals surface area contributed by atoms with Crippen molar-refractivity contribution in [3.63, 3.8) is 0 Å². The molecule has 2 rings (SSSR count). The van der Waals surface area contributed by atoms with Crippen molar-refractivity contribution in [2.75, 3.05) is 20.2 Å². The van der Waals surface area contributed by atoms with Crippen molar-refractivity contribution in [3.8, 4) is 0 Å². The molecule has 1 fully saturated rings. The summed E-state index contributed by atoms with van der Waals surface area (Å²) in [5, 5.41) is 3.51. The number of rotatable bonds is 6. The van der Waals surface area contributed by atoms with Crippen LogP contribution in [0.1, 0.15) is 18.4 Å². The van der Waals surface area contributed by atoms with E-state index in [0.29, 0.717) is 24.7 Å². The molecule has 0 aromatic heterocycles. The Hall–Kier alpha value is -0.660. The highest BCUT2D eigenvalue weighted by Crippen LogP contribution is 2.20. The Morgan fingerprint density at radius 3 is 2.90 bits per heavy atom. The van der Waals surface area contributed by atoms with Gasteiger partial charge in [0.15, 0.2) is 0 Å². The fourth-order valence-electron chi connectivity index (χ4n) is 2.14. The molecule has 0 amide bonds. The summed E-state index contributed by atoms with van der Waals surface area (Å²) in [7, 11) is -1.74. The molecule has 1 atom stereocenters. The lowest BCUT2D eigenvalue weighted by molar-refractivity contribution is 0.114. The fraction of sp³-hybridized carbons (Fsp3) is 0.538. The molecule has 0 saturated carbocycles. The number of benzene rings is 1. The quantitative estimate of drug-likeness (QED) is 0.834. The van der Waals surface area contributed by atoms with Crippen molar-refractivity contribution in [3.05, 3.63) is 28.8 Å². The van der Waals surface area contributed by atoms with Crippen LogP contribution in [0.15, 0.2) is 23.1 Å². The van der Waals surface area contributed by atoms with Crippen molar-refractivity contribution in [1.82, 2.24) is 10.0 Å². The summed E-state index contributed by atoms with van der Waals surface area (Å²) >= 11 is 6.03. The third kappa shape index (κ3) is 3.93. The van der Waals surface area contributed by atoms with E-state index in [1.807, 2.05) is 0 Å². The number of nitrogens with one attached hydrogen (secondary N) is 2. The zero-order chi connectivity index (χ0) is 14.6. The predicted molar refractivity (Wildman–Crippen MR) is 78.4 cm³/mol. The van der Waals surface area contributed by atoms with Crippen LogP contribution < -0.4 is 10.0 Å². The van der Waals surface area contributed by atoms with Gasteiger partial charge in [0, 0.05) is 24.7 Å². The van der Waals surface area contributed by atoms with Gasteiger partial charge in [0.25, 0.3) is 0 Å². The monoisotopic (exact) mass is 318 g/mol. The zero-order valence-corrected chi connectivity index (χ0v) is 12.9. The van der Waals surface area contributed by atoms with Gasteiger partial charge in [-0.25, -0.2) is 13.1 Å². The van der Waals surface area contributed by atoms with Crippen LogP contribution in [0.2, 0.25) is 5.02 Å². The molecule has 7 heteroatoms. The van der Waals surface area contributed by atoms with Gasteiger partial charge in [0.1, 0.15) is 0 Å². The number of hydrogen-bond acceptors (Lipinski definition) is 4.